The van der Waals surface area contributed by atoms with E-state index < -0.39 is 5.97 Å². The first-order valence-electron chi connectivity index (χ1n) is 8.02. The van der Waals surface area contributed by atoms with Gasteiger partial charge >= 0.3 is 5.97 Å². The molecule has 1 N–H and O–H groups in total. The maximum atomic E-state index is 11.0. The molecule has 27 heavy (non-hydrogen) atoms. The summed E-state index contributed by atoms with van der Waals surface area (Å²) in [7, 11) is 0. The third-order valence-electron chi connectivity index (χ3n) is 3.68. The predicted octanol–water partition coefficient (Wildman–Crippen LogP) is 4.49. The lowest BCUT2D eigenvalue weighted by Crippen LogP contribution is -2.07. The zero-order chi connectivity index (χ0) is 18.6. The molecule has 0 fully saturated rings. The van der Waals surface area contributed by atoms with Crippen molar-refractivity contribution in [2.45, 2.75) is 23.9 Å². The van der Waals surface area contributed by atoms with E-state index in [4.69, 9.17) is 9.63 Å². The lowest BCUT2D eigenvalue weighted by atomic mass is 10.3. The molecule has 4 heterocycles. The fraction of sp³-hybridized carbons (Fsp3) is 0.176. The minimum absolute atomic E-state index is 0.0104. The molecule has 0 spiro atoms. The van der Waals surface area contributed by atoms with Gasteiger partial charge in [-0.1, -0.05) is 29.1 Å². The molecule has 0 aromatic carbocycles. The second kappa shape index (κ2) is 8.07. The SMILES string of the molecule is O=C(O)CCn1c(SCc2cc(-c3cccs3)on2)nnc1-c1cccs1. The first kappa shape index (κ1) is 18.0. The number of carboxylic acid groups (broad SMARTS) is 1. The number of aromatic nitrogens is 4. The Kier molecular flexibility index (Phi) is 5.37. The Bertz CT molecular complexity index is 1020. The van der Waals surface area contributed by atoms with Crippen LogP contribution in [-0.2, 0) is 17.1 Å². The average Bonchev–Trinajstić information content (AvgIpc) is 3.45. The van der Waals surface area contributed by atoms with Crippen molar-refractivity contribution in [3.8, 4) is 21.3 Å². The molecule has 7 nitrogen and oxygen atoms in total. The van der Waals surface area contributed by atoms with Crippen LogP contribution in [-0.4, -0.2) is 31.0 Å². The number of aliphatic carboxylic acids is 1. The topological polar surface area (TPSA) is 94.0 Å². The zero-order valence-electron chi connectivity index (χ0n) is 13.9. The third kappa shape index (κ3) is 4.12. The normalized spacial score (nSPS) is 11.1. The molecule has 0 saturated carbocycles. The number of hydrogen-bond acceptors (Lipinski definition) is 8. The number of hydrogen-bond donors (Lipinski definition) is 1. The monoisotopic (exact) mass is 418 g/mol. The van der Waals surface area contributed by atoms with Gasteiger partial charge in [0.15, 0.2) is 16.7 Å². The van der Waals surface area contributed by atoms with Crippen molar-refractivity contribution < 1.29 is 14.4 Å². The molecular weight excluding hydrogens is 404 g/mol. The highest BCUT2D eigenvalue weighted by Gasteiger charge is 2.17. The van der Waals surface area contributed by atoms with Crippen LogP contribution in [0.2, 0.25) is 0 Å². The number of rotatable bonds is 8. The van der Waals surface area contributed by atoms with Gasteiger partial charge in [0.25, 0.3) is 0 Å². The van der Waals surface area contributed by atoms with Gasteiger partial charge in [0, 0.05) is 18.4 Å². The average molecular weight is 419 g/mol. The number of thiophene rings is 2. The van der Waals surface area contributed by atoms with Crippen molar-refractivity contribution in [1.82, 2.24) is 19.9 Å². The fourth-order valence-electron chi connectivity index (χ4n) is 2.45. The highest BCUT2D eigenvalue weighted by atomic mass is 32.2. The van der Waals surface area contributed by atoms with Gasteiger partial charge < -0.3 is 14.2 Å². The molecule has 0 unspecified atom stereocenters. The summed E-state index contributed by atoms with van der Waals surface area (Å²) >= 11 is 4.61. The molecule has 0 atom stereocenters. The Morgan fingerprint density at radius 2 is 1.96 bits per heavy atom. The quantitative estimate of drug-likeness (QED) is 0.421. The predicted molar refractivity (Wildman–Crippen MR) is 105 cm³/mol. The van der Waals surface area contributed by atoms with Gasteiger partial charge in [-0.25, -0.2) is 0 Å². The Labute approximate surface area is 166 Å². The van der Waals surface area contributed by atoms with E-state index in [9.17, 15) is 4.79 Å². The second-order valence-electron chi connectivity index (χ2n) is 5.53. The molecular formula is C17H14N4O3S3. The maximum absolute atomic E-state index is 11.0. The maximum Gasteiger partial charge on any atom is 0.305 e. The molecule has 0 saturated heterocycles. The van der Waals surface area contributed by atoms with E-state index in [2.05, 4.69) is 15.4 Å². The van der Waals surface area contributed by atoms with E-state index in [1.807, 2.05) is 45.7 Å². The smallest absolute Gasteiger partial charge is 0.305 e. The molecule has 0 amide bonds. The van der Waals surface area contributed by atoms with Crippen molar-refractivity contribution in [2.75, 3.05) is 0 Å². The Morgan fingerprint density at radius 3 is 2.67 bits per heavy atom. The van der Waals surface area contributed by atoms with Gasteiger partial charge in [-0.15, -0.1) is 32.9 Å². The van der Waals surface area contributed by atoms with E-state index >= 15 is 0 Å². The number of nitrogens with zero attached hydrogens (tertiary/aromatic N) is 4. The second-order valence-corrected chi connectivity index (χ2v) is 8.37. The van der Waals surface area contributed by atoms with Gasteiger partial charge in [-0.05, 0) is 22.9 Å². The Hall–Kier alpha value is -2.43. The summed E-state index contributed by atoms with van der Waals surface area (Å²) < 4.78 is 7.25. The Morgan fingerprint density at radius 1 is 1.19 bits per heavy atom. The van der Waals surface area contributed by atoms with Crippen LogP contribution < -0.4 is 0 Å². The molecule has 0 aliphatic rings. The summed E-state index contributed by atoms with van der Waals surface area (Å²) in [6, 6.07) is 9.75. The van der Waals surface area contributed by atoms with Crippen LogP contribution in [0.5, 0.6) is 0 Å². The van der Waals surface area contributed by atoms with Crippen LogP contribution >= 0.6 is 34.4 Å². The van der Waals surface area contributed by atoms with Crippen LogP contribution in [0.1, 0.15) is 12.1 Å². The molecule has 138 valence electrons. The minimum Gasteiger partial charge on any atom is -0.481 e. The fourth-order valence-corrected chi connectivity index (χ4v) is 4.68. The summed E-state index contributed by atoms with van der Waals surface area (Å²) in [5.74, 6) is 1.14. The molecule has 4 rings (SSSR count). The summed E-state index contributed by atoms with van der Waals surface area (Å²) in [5, 5.41) is 26.3. The molecule has 0 aliphatic heterocycles. The summed E-state index contributed by atoms with van der Waals surface area (Å²) in [6.07, 6.45) is 0.0104. The molecule has 0 aliphatic carbocycles. The van der Waals surface area contributed by atoms with Gasteiger partial charge in [-0.3, -0.25) is 4.79 Å². The third-order valence-corrected chi connectivity index (χ3v) is 6.43. The van der Waals surface area contributed by atoms with Crippen LogP contribution in [0.25, 0.3) is 21.3 Å². The van der Waals surface area contributed by atoms with Crippen LogP contribution in [0.3, 0.4) is 0 Å². The van der Waals surface area contributed by atoms with Crippen molar-refractivity contribution in [3.63, 3.8) is 0 Å². The number of thioether (sulfide) groups is 1. The molecule has 0 radical (unpaired) electrons. The highest BCUT2D eigenvalue weighted by molar-refractivity contribution is 7.98. The van der Waals surface area contributed by atoms with Gasteiger partial charge in [0.1, 0.15) is 0 Å². The molecule has 0 bridgehead atoms. The number of carbonyl (C=O) groups is 1. The standard InChI is InChI=1S/C17H14N4O3S3/c22-15(23)5-6-21-16(14-4-2-8-26-14)18-19-17(21)27-10-11-9-12(24-20-11)13-3-1-7-25-13/h1-4,7-9H,5-6,10H2,(H,22,23). The van der Waals surface area contributed by atoms with Crippen molar-refractivity contribution in [3.05, 3.63) is 46.8 Å². The minimum atomic E-state index is -0.853. The van der Waals surface area contributed by atoms with E-state index in [1.165, 1.54) is 11.8 Å². The first-order valence-corrected chi connectivity index (χ1v) is 10.8. The molecule has 10 heteroatoms. The highest BCUT2D eigenvalue weighted by Crippen LogP contribution is 2.30. The Balaban J connectivity index is 1.52. The lowest BCUT2D eigenvalue weighted by Gasteiger charge is -2.07. The van der Waals surface area contributed by atoms with E-state index in [0.29, 0.717) is 23.3 Å². The lowest BCUT2D eigenvalue weighted by molar-refractivity contribution is -0.137. The van der Waals surface area contributed by atoms with Gasteiger partial charge in [0.2, 0.25) is 0 Å². The van der Waals surface area contributed by atoms with Crippen molar-refractivity contribution in [1.29, 1.82) is 0 Å². The van der Waals surface area contributed by atoms with E-state index in [1.54, 1.807) is 22.7 Å². The summed E-state index contributed by atoms with van der Waals surface area (Å²) in [5.41, 5.74) is 0.800. The largest absolute Gasteiger partial charge is 0.481 e. The van der Waals surface area contributed by atoms with Gasteiger partial charge in [-0.2, -0.15) is 0 Å². The summed E-state index contributed by atoms with van der Waals surface area (Å²) in [6.45, 7) is 0.317. The van der Waals surface area contributed by atoms with Crippen LogP contribution in [0.15, 0.2) is 50.8 Å². The van der Waals surface area contributed by atoms with E-state index in [-0.39, 0.29) is 6.42 Å². The van der Waals surface area contributed by atoms with Crippen LogP contribution in [0, 0.1) is 0 Å². The molecule has 4 aromatic rings. The van der Waals surface area contributed by atoms with Gasteiger partial charge in [0.05, 0.1) is 21.9 Å². The van der Waals surface area contributed by atoms with E-state index in [0.717, 1.165) is 21.2 Å². The number of carboxylic acids is 1. The summed E-state index contributed by atoms with van der Waals surface area (Å²) in [4.78, 5) is 13.0. The van der Waals surface area contributed by atoms with Crippen molar-refractivity contribution >= 4 is 40.4 Å². The van der Waals surface area contributed by atoms with Crippen molar-refractivity contribution in [2.24, 2.45) is 0 Å². The zero-order valence-corrected chi connectivity index (χ0v) is 16.4. The molecule has 4 aromatic heterocycles. The van der Waals surface area contributed by atoms with Crippen LogP contribution in [0.4, 0.5) is 0 Å². The first-order chi connectivity index (χ1) is 13.2.